The van der Waals surface area contributed by atoms with Crippen molar-refractivity contribution < 1.29 is 4.74 Å². The number of likely N-dealkylation sites (N-methyl/N-ethyl adjacent to an activating group) is 1. The van der Waals surface area contributed by atoms with Gasteiger partial charge in [0.25, 0.3) is 0 Å². The number of benzene rings is 1. The minimum absolute atomic E-state index is 0.748. The first kappa shape index (κ1) is 16.3. The van der Waals surface area contributed by atoms with E-state index in [0.717, 1.165) is 31.4 Å². The molecule has 0 radical (unpaired) electrons. The van der Waals surface area contributed by atoms with E-state index in [1.807, 2.05) is 6.07 Å². The summed E-state index contributed by atoms with van der Waals surface area (Å²) in [5.74, 6) is 0.942. The highest BCUT2D eigenvalue weighted by Crippen LogP contribution is 2.17. The van der Waals surface area contributed by atoms with Gasteiger partial charge in [-0.15, -0.1) is 0 Å². The molecule has 118 valence electrons. The van der Waals surface area contributed by atoms with Crippen LogP contribution in [0.5, 0.6) is 5.75 Å². The van der Waals surface area contributed by atoms with E-state index in [2.05, 4.69) is 35.5 Å². The summed E-state index contributed by atoms with van der Waals surface area (Å²) in [5.41, 5.74) is 1.31. The molecule has 1 aromatic carbocycles. The molecule has 0 bridgehead atoms. The van der Waals surface area contributed by atoms with Crippen molar-refractivity contribution in [3.05, 3.63) is 29.8 Å². The van der Waals surface area contributed by atoms with Crippen molar-refractivity contribution in [2.24, 2.45) is 0 Å². The Labute approximate surface area is 129 Å². The van der Waals surface area contributed by atoms with Gasteiger partial charge in [-0.25, -0.2) is 0 Å². The Morgan fingerprint density at radius 1 is 1.19 bits per heavy atom. The van der Waals surface area contributed by atoms with Crippen LogP contribution in [0.25, 0.3) is 0 Å². The Balaban J connectivity index is 1.67. The third-order valence-electron chi connectivity index (χ3n) is 4.37. The maximum absolute atomic E-state index is 5.28. The highest BCUT2D eigenvalue weighted by Gasteiger charge is 2.11. The lowest BCUT2D eigenvalue weighted by Gasteiger charge is -2.21. The van der Waals surface area contributed by atoms with Gasteiger partial charge >= 0.3 is 0 Å². The summed E-state index contributed by atoms with van der Waals surface area (Å²) in [7, 11) is 3.91. The molecule has 0 amide bonds. The zero-order valence-corrected chi connectivity index (χ0v) is 13.6. The molecule has 3 heteroatoms. The van der Waals surface area contributed by atoms with E-state index < -0.39 is 0 Å². The molecule has 1 N–H and O–H groups in total. The Kier molecular flexibility index (Phi) is 7.04. The number of hydrogen-bond donors (Lipinski definition) is 1. The van der Waals surface area contributed by atoms with Crippen LogP contribution in [0.15, 0.2) is 24.3 Å². The predicted octanol–water partition coefficient (Wildman–Crippen LogP) is 3.44. The van der Waals surface area contributed by atoms with Gasteiger partial charge in [0, 0.05) is 25.7 Å². The maximum atomic E-state index is 5.28. The highest BCUT2D eigenvalue weighted by atomic mass is 16.5. The summed E-state index contributed by atoms with van der Waals surface area (Å²) in [5, 5.41) is 3.73. The Morgan fingerprint density at radius 3 is 2.67 bits per heavy atom. The third-order valence-corrected chi connectivity index (χ3v) is 4.37. The summed E-state index contributed by atoms with van der Waals surface area (Å²) < 4.78 is 5.28. The van der Waals surface area contributed by atoms with Gasteiger partial charge in [0.05, 0.1) is 7.11 Å². The standard InChI is InChI=1S/C18H30N2O/c1-20(15-16-8-7-11-18(14-16)21-2)13-12-19-17-9-5-3-4-6-10-17/h7-8,11,14,17,19H,3-6,9-10,12-13,15H2,1-2H3. The molecule has 2 rings (SSSR count). The molecule has 1 aromatic rings. The zero-order valence-electron chi connectivity index (χ0n) is 13.6. The second-order valence-corrected chi connectivity index (χ2v) is 6.23. The molecule has 0 aliphatic heterocycles. The molecule has 1 saturated carbocycles. The van der Waals surface area contributed by atoms with Crippen molar-refractivity contribution >= 4 is 0 Å². The van der Waals surface area contributed by atoms with Crippen molar-refractivity contribution in [2.75, 3.05) is 27.2 Å². The minimum atomic E-state index is 0.748. The third kappa shape index (κ3) is 6.06. The van der Waals surface area contributed by atoms with Crippen LogP contribution in [-0.2, 0) is 6.54 Å². The molecule has 3 nitrogen and oxygen atoms in total. The summed E-state index contributed by atoms with van der Waals surface area (Å²) in [4.78, 5) is 2.37. The number of ether oxygens (including phenoxy) is 1. The summed E-state index contributed by atoms with van der Waals surface area (Å²) in [6.07, 6.45) is 8.37. The topological polar surface area (TPSA) is 24.5 Å². The minimum Gasteiger partial charge on any atom is -0.497 e. The lowest BCUT2D eigenvalue weighted by atomic mass is 10.1. The van der Waals surface area contributed by atoms with Crippen molar-refractivity contribution in [2.45, 2.75) is 51.1 Å². The van der Waals surface area contributed by atoms with Gasteiger partial charge in [0.15, 0.2) is 0 Å². The molecule has 1 aliphatic rings. The van der Waals surface area contributed by atoms with Crippen molar-refractivity contribution in [1.82, 2.24) is 10.2 Å². The SMILES string of the molecule is COc1cccc(CN(C)CCNC2CCCCCC2)c1. The summed E-state index contributed by atoms with van der Waals surface area (Å²) in [6.45, 7) is 3.16. The fraction of sp³-hybridized carbons (Fsp3) is 0.667. The normalized spacial score (nSPS) is 16.9. The molecule has 0 atom stereocenters. The van der Waals surface area contributed by atoms with E-state index in [9.17, 15) is 0 Å². The van der Waals surface area contributed by atoms with Crippen LogP contribution in [-0.4, -0.2) is 38.2 Å². The predicted molar refractivity (Wildman–Crippen MR) is 88.8 cm³/mol. The molecule has 1 aliphatic carbocycles. The van der Waals surface area contributed by atoms with E-state index in [4.69, 9.17) is 4.74 Å². The molecule has 21 heavy (non-hydrogen) atoms. The summed E-state index contributed by atoms with van der Waals surface area (Å²) in [6, 6.07) is 9.09. The monoisotopic (exact) mass is 290 g/mol. The molecular formula is C18H30N2O. The van der Waals surface area contributed by atoms with Gasteiger partial charge in [0.1, 0.15) is 5.75 Å². The molecule has 0 aromatic heterocycles. The molecular weight excluding hydrogens is 260 g/mol. The van der Waals surface area contributed by atoms with E-state index in [0.29, 0.717) is 0 Å². The Bertz CT molecular complexity index is 400. The molecule has 0 unspecified atom stereocenters. The fourth-order valence-electron chi connectivity index (χ4n) is 3.10. The zero-order chi connectivity index (χ0) is 14.9. The van der Waals surface area contributed by atoms with Crippen LogP contribution in [0.4, 0.5) is 0 Å². The van der Waals surface area contributed by atoms with Crippen molar-refractivity contribution in [3.63, 3.8) is 0 Å². The lowest BCUT2D eigenvalue weighted by Crippen LogP contribution is -2.35. The van der Waals surface area contributed by atoms with Gasteiger partial charge in [-0.1, -0.05) is 37.8 Å². The molecule has 0 saturated heterocycles. The van der Waals surface area contributed by atoms with Crippen LogP contribution < -0.4 is 10.1 Å². The second-order valence-electron chi connectivity index (χ2n) is 6.23. The van der Waals surface area contributed by atoms with E-state index in [-0.39, 0.29) is 0 Å². The van der Waals surface area contributed by atoms with Crippen LogP contribution in [0.1, 0.15) is 44.1 Å². The number of methoxy groups -OCH3 is 1. The number of nitrogens with zero attached hydrogens (tertiary/aromatic N) is 1. The average Bonchev–Trinajstić information content (AvgIpc) is 2.76. The average molecular weight is 290 g/mol. The van der Waals surface area contributed by atoms with Crippen LogP contribution in [0, 0.1) is 0 Å². The quantitative estimate of drug-likeness (QED) is 0.779. The Hall–Kier alpha value is -1.06. The molecule has 0 heterocycles. The largest absolute Gasteiger partial charge is 0.497 e. The van der Waals surface area contributed by atoms with Gasteiger partial charge in [-0.2, -0.15) is 0 Å². The fourth-order valence-corrected chi connectivity index (χ4v) is 3.10. The Morgan fingerprint density at radius 2 is 1.95 bits per heavy atom. The molecule has 1 fully saturated rings. The van der Waals surface area contributed by atoms with E-state index in [1.165, 1.54) is 44.1 Å². The van der Waals surface area contributed by atoms with Crippen LogP contribution in [0.3, 0.4) is 0 Å². The second kappa shape index (κ2) is 9.06. The van der Waals surface area contributed by atoms with Crippen LogP contribution >= 0.6 is 0 Å². The molecule has 0 spiro atoms. The van der Waals surface area contributed by atoms with Gasteiger partial charge < -0.3 is 15.0 Å². The first-order valence-electron chi connectivity index (χ1n) is 8.33. The smallest absolute Gasteiger partial charge is 0.119 e. The van der Waals surface area contributed by atoms with Crippen LogP contribution in [0.2, 0.25) is 0 Å². The first-order valence-corrected chi connectivity index (χ1v) is 8.33. The number of rotatable bonds is 7. The summed E-state index contributed by atoms with van der Waals surface area (Å²) >= 11 is 0. The first-order chi connectivity index (χ1) is 10.3. The van der Waals surface area contributed by atoms with Gasteiger partial charge in [-0.05, 0) is 37.6 Å². The van der Waals surface area contributed by atoms with Crippen molar-refractivity contribution in [1.29, 1.82) is 0 Å². The maximum Gasteiger partial charge on any atom is 0.119 e. The highest BCUT2D eigenvalue weighted by molar-refractivity contribution is 5.28. The van der Waals surface area contributed by atoms with Gasteiger partial charge in [-0.3, -0.25) is 0 Å². The van der Waals surface area contributed by atoms with Gasteiger partial charge in [0.2, 0.25) is 0 Å². The van der Waals surface area contributed by atoms with Crippen molar-refractivity contribution in [3.8, 4) is 5.75 Å². The number of nitrogens with one attached hydrogen (secondary N) is 1. The lowest BCUT2D eigenvalue weighted by molar-refractivity contribution is 0.311. The van der Waals surface area contributed by atoms with E-state index >= 15 is 0 Å². The van der Waals surface area contributed by atoms with E-state index in [1.54, 1.807) is 7.11 Å². The number of hydrogen-bond acceptors (Lipinski definition) is 3.